The lowest BCUT2D eigenvalue weighted by Crippen LogP contribution is -2.35. The zero-order valence-corrected chi connectivity index (χ0v) is 18.7. The van der Waals surface area contributed by atoms with Crippen molar-refractivity contribution in [1.29, 1.82) is 0 Å². The topological polar surface area (TPSA) is 84.9 Å². The molecule has 0 saturated carbocycles. The van der Waals surface area contributed by atoms with Crippen molar-refractivity contribution in [1.82, 2.24) is 4.31 Å². The van der Waals surface area contributed by atoms with E-state index >= 15 is 0 Å². The molecule has 1 fully saturated rings. The molecule has 1 N–H and O–H groups in total. The number of carbonyl (C=O) groups is 1. The second kappa shape index (κ2) is 11.3. The second-order valence-corrected chi connectivity index (χ2v) is 9.46. The fraction of sp³-hybridized carbons (Fsp3) is 0.435. The van der Waals surface area contributed by atoms with Crippen LogP contribution < -0.4 is 10.1 Å². The number of anilines is 1. The summed E-state index contributed by atoms with van der Waals surface area (Å²) in [5.41, 5.74) is 1.63. The second-order valence-electron chi connectivity index (χ2n) is 7.52. The van der Waals surface area contributed by atoms with E-state index in [1.807, 2.05) is 0 Å². The predicted molar refractivity (Wildman–Crippen MR) is 120 cm³/mol. The van der Waals surface area contributed by atoms with Gasteiger partial charge in [-0.05, 0) is 61.2 Å². The van der Waals surface area contributed by atoms with E-state index in [0.29, 0.717) is 49.7 Å². The average molecular weight is 447 g/mol. The number of hydrogen-bond acceptors (Lipinski definition) is 5. The van der Waals surface area contributed by atoms with Crippen molar-refractivity contribution in [3.05, 3.63) is 54.1 Å². The Labute approximate surface area is 184 Å². The van der Waals surface area contributed by atoms with Crippen LogP contribution in [-0.4, -0.2) is 52.0 Å². The molecule has 2 aromatic carbocycles. The number of nitrogens with one attached hydrogen (secondary N) is 1. The monoisotopic (exact) mass is 446 g/mol. The van der Waals surface area contributed by atoms with Crippen LogP contribution in [0.5, 0.6) is 5.75 Å². The lowest BCUT2D eigenvalue weighted by atomic mass is 10.1. The highest BCUT2D eigenvalue weighted by Gasteiger charge is 2.25. The Balaban J connectivity index is 1.48. The van der Waals surface area contributed by atoms with E-state index in [2.05, 4.69) is 5.32 Å². The minimum Gasteiger partial charge on any atom is -0.491 e. The van der Waals surface area contributed by atoms with E-state index < -0.39 is 10.0 Å². The van der Waals surface area contributed by atoms with Gasteiger partial charge >= 0.3 is 0 Å². The van der Waals surface area contributed by atoms with Crippen LogP contribution >= 0.6 is 0 Å². The molecule has 0 bridgehead atoms. The summed E-state index contributed by atoms with van der Waals surface area (Å²) < 4.78 is 37.4. The molecular weight excluding hydrogens is 416 g/mol. The Hall–Kier alpha value is -2.42. The lowest BCUT2D eigenvalue weighted by molar-refractivity contribution is -0.116. The summed E-state index contributed by atoms with van der Waals surface area (Å²) in [5.74, 6) is 0.618. The molecule has 0 atom stereocenters. The first-order valence-corrected chi connectivity index (χ1v) is 12.0. The maximum atomic E-state index is 12.7. The van der Waals surface area contributed by atoms with Gasteiger partial charge in [0.2, 0.25) is 15.9 Å². The third kappa shape index (κ3) is 6.78. The lowest BCUT2D eigenvalue weighted by Gasteiger charge is -2.25. The quantitative estimate of drug-likeness (QED) is 0.565. The van der Waals surface area contributed by atoms with Crippen LogP contribution in [-0.2, 0) is 26.0 Å². The molecule has 1 heterocycles. The Morgan fingerprint density at radius 2 is 1.65 bits per heavy atom. The molecule has 0 aromatic heterocycles. The number of hydrogen-bond donors (Lipinski definition) is 1. The molecule has 0 aliphatic carbocycles. The molecule has 31 heavy (non-hydrogen) atoms. The zero-order valence-electron chi connectivity index (χ0n) is 17.9. The standard InChI is InChI=1S/C23H30N2O5S/c1-29-17-18-30-21-10-8-20(9-11-21)24-23(26)14-7-19-5-12-22(13-6-19)31(27,28)25-15-3-2-4-16-25/h5-6,8-13H,2-4,7,14-18H2,1H3,(H,24,26). The van der Waals surface area contributed by atoms with E-state index in [1.165, 1.54) is 0 Å². The van der Waals surface area contributed by atoms with Gasteiger partial charge in [-0.1, -0.05) is 18.6 Å². The number of rotatable bonds is 10. The van der Waals surface area contributed by atoms with Gasteiger partial charge in [0.1, 0.15) is 12.4 Å². The summed E-state index contributed by atoms with van der Waals surface area (Å²) in [7, 11) is -1.81. The van der Waals surface area contributed by atoms with E-state index in [-0.39, 0.29) is 5.91 Å². The highest BCUT2D eigenvalue weighted by atomic mass is 32.2. The first-order valence-electron chi connectivity index (χ1n) is 10.6. The molecule has 0 spiro atoms. The number of sulfonamides is 1. The van der Waals surface area contributed by atoms with Gasteiger partial charge in [-0.2, -0.15) is 4.31 Å². The number of amides is 1. The van der Waals surface area contributed by atoms with Gasteiger partial charge in [-0.25, -0.2) is 8.42 Å². The van der Waals surface area contributed by atoms with E-state index in [9.17, 15) is 13.2 Å². The molecule has 3 rings (SSSR count). The van der Waals surface area contributed by atoms with Gasteiger partial charge in [-0.15, -0.1) is 0 Å². The minimum absolute atomic E-state index is 0.0990. The number of piperidine rings is 1. The summed E-state index contributed by atoms with van der Waals surface area (Å²) in [6, 6.07) is 14.0. The van der Waals surface area contributed by atoms with E-state index in [4.69, 9.17) is 9.47 Å². The zero-order chi connectivity index (χ0) is 22.1. The van der Waals surface area contributed by atoms with Gasteiger partial charge in [-0.3, -0.25) is 4.79 Å². The summed E-state index contributed by atoms with van der Waals surface area (Å²) >= 11 is 0. The highest BCUT2D eigenvalue weighted by Crippen LogP contribution is 2.21. The molecule has 1 aliphatic rings. The maximum Gasteiger partial charge on any atom is 0.243 e. The minimum atomic E-state index is -3.43. The molecule has 1 aliphatic heterocycles. The number of benzene rings is 2. The van der Waals surface area contributed by atoms with Gasteiger partial charge in [0, 0.05) is 32.3 Å². The van der Waals surface area contributed by atoms with E-state index in [1.54, 1.807) is 59.9 Å². The summed E-state index contributed by atoms with van der Waals surface area (Å²) in [6.45, 7) is 2.17. The van der Waals surface area contributed by atoms with Crippen molar-refractivity contribution < 1.29 is 22.7 Å². The molecule has 0 radical (unpaired) electrons. The maximum absolute atomic E-state index is 12.7. The average Bonchev–Trinajstić information content (AvgIpc) is 2.80. The third-order valence-electron chi connectivity index (χ3n) is 5.21. The summed E-state index contributed by atoms with van der Waals surface area (Å²) in [6.07, 6.45) is 3.75. The van der Waals surface area contributed by atoms with Crippen LogP contribution in [0.4, 0.5) is 5.69 Å². The van der Waals surface area contributed by atoms with E-state index in [0.717, 1.165) is 30.6 Å². The van der Waals surface area contributed by atoms with Crippen molar-refractivity contribution in [3.63, 3.8) is 0 Å². The number of methoxy groups -OCH3 is 1. The number of carbonyl (C=O) groups excluding carboxylic acids is 1. The van der Waals surface area contributed by atoms with Crippen LogP contribution in [0.3, 0.4) is 0 Å². The fourth-order valence-electron chi connectivity index (χ4n) is 3.44. The number of ether oxygens (including phenoxy) is 2. The highest BCUT2D eigenvalue weighted by molar-refractivity contribution is 7.89. The van der Waals surface area contributed by atoms with Crippen molar-refractivity contribution in [3.8, 4) is 5.75 Å². The largest absolute Gasteiger partial charge is 0.491 e. The fourth-order valence-corrected chi connectivity index (χ4v) is 4.96. The van der Waals surface area contributed by atoms with Crippen molar-refractivity contribution >= 4 is 21.6 Å². The van der Waals surface area contributed by atoms with Gasteiger partial charge in [0.05, 0.1) is 11.5 Å². The Morgan fingerprint density at radius 3 is 2.29 bits per heavy atom. The molecule has 168 valence electrons. The SMILES string of the molecule is COCCOc1ccc(NC(=O)CCc2ccc(S(=O)(=O)N3CCCCC3)cc2)cc1. The first kappa shape index (κ1) is 23.2. The van der Waals surface area contributed by atoms with Gasteiger partial charge in [0.25, 0.3) is 0 Å². The third-order valence-corrected chi connectivity index (χ3v) is 7.12. The van der Waals surface area contributed by atoms with Gasteiger partial charge in [0.15, 0.2) is 0 Å². The Bertz CT molecular complexity index is 937. The van der Waals surface area contributed by atoms with Crippen LogP contribution in [0, 0.1) is 0 Å². The smallest absolute Gasteiger partial charge is 0.243 e. The summed E-state index contributed by atoms with van der Waals surface area (Å²) in [4.78, 5) is 12.6. The van der Waals surface area contributed by atoms with Crippen molar-refractivity contribution in [2.45, 2.75) is 37.0 Å². The molecule has 0 unspecified atom stereocenters. The Morgan fingerprint density at radius 1 is 0.968 bits per heavy atom. The van der Waals surface area contributed by atoms with Crippen LogP contribution in [0.2, 0.25) is 0 Å². The first-order chi connectivity index (χ1) is 15.0. The molecule has 8 heteroatoms. The molecule has 7 nitrogen and oxygen atoms in total. The molecule has 2 aromatic rings. The van der Waals surface area contributed by atoms with Gasteiger partial charge < -0.3 is 14.8 Å². The van der Waals surface area contributed by atoms with Crippen LogP contribution in [0.25, 0.3) is 0 Å². The van der Waals surface area contributed by atoms with Crippen LogP contribution in [0.1, 0.15) is 31.2 Å². The Kier molecular flexibility index (Phi) is 8.45. The molecular formula is C23H30N2O5S. The summed E-state index contributed by atoms with van der Waals surface area (Å²) in [5, 5.41) is 2.86. The van der Waals surface area contributed by atoms with Crippen molar-refractivity contribution in [2.75, 3.05) is 38.7 Å². The number of aryl methyl sites for hydroxylation is 1. The number of nitrogens with zero attached hydrogens (tertiary/aromatic N) is 1. The van der Waals surface area contributed by atoms with Crippen LogP contribution in [0.15, 0.2) is 53.4 Å². The molecule has 1 saturated heterocycles. The predicted octanol–water partition coefficient (Wildman–Crippen LogP) is 3.46. The normalized spacial score (nSPS) is 14.9. The molecule has 1 amide bonds. The van der Waals surface area contributed by atoms with Crippen molar-refractivity contribution in [2.24, 2.45) is 0 Å².